The third kappa shape index (κ3) is 5.63. The van der Waals surface area contributed by atoms with Gasteiger partial charge in [0.2, 0.25) is 0 Å². The lowest BCUT2D eigenvalue weighted by molar-refractivity contribution is -0.384. The largest absolute Gasteiger partial charge is 0.457 e. The lowest BCUT2D eigenvalue weighted by Gasteiger charge is -2.25. The van der Waals surface area contributed by atoms with Crippen LogP contribution >= 0.6 is 0 Å². The second kappa shape index (κ2) is 9.93. The molecule has 1 aliphatic carbocycles. The summed E-state index contributed by atoms with van der Waals surface area (Å²) in [6, 6.07) is 6.63. The first-order chi connectivity index (χ1) is 18.2. The highest BCUT2D eigenvalue weighted by molar-refractivity contribution is 5.77. The Morgan fingerprint density at radius 3 is 2.44 bits per heavy atom. The fraction of sp³-hybridized carbons (Fsp3) is 0.200. The molecule has 0 amide bonds. The highest BCUT2D eigenvalue weighted by Gasteiger charge is 2.48. The summed E-state index contributed by atoms with van der Waals surface area (Å²) >= 11 is 0. The Balaban J connectivity index is 1.75. The van der Waals surface area contributed by atoms with Crippen molar-refractivity contribution in [1.82, 2.24) is 15.0 Å². The van der Waals surface area contributed by atoms with Crippen molar-refractivity contribution < 1.29 is 36.0 Å². The molecule has 1 aliphatic rings. The molecule has 4 rings (SSSR count). The molecule has 1 aromatic carbocycles. The van der Waals surface area contributed by atoms with Gasteiger partial charge in [0.15, 0.2) is 5.82 Å². The van der Waals surface area contributed by atoms with Crippen LogP contribution in [-0.2, 0) is 6.18 Å². The van der Waals surface area contributed by atoms with Crippen LogP contribution < -0.4 is 10.1 Å². The molecule has 0 fully saturated rings. The summed E-state index contributed by atoms with van der Waals surface area (Å²) in [6.45, 7) is 0.840. The summed E-state index contributed by atoms with van der Waals surface area (Å²) in [4.78, 5) is 20.8. The zero-order chi connectivity index (χ0) is 28.6. The number of halogens is 6. The number of nitro benzene ring substituents is 1. The van der Waals surface area contributed by atoms with Gasteiger partial charge in [-0.1, -0.05) is 30.4 Å². The monoisotopic (exact) mass is 551 g/mol. The zero-order valence-electron chi connectivity index (χ0n) is 20.2. The number of imidazole rings is 1. The first-order valence-electron chi connectivity index (χ1n) is 11.2. The van der Waals surface area contributed by atoms with Crippen LogP contribution in [0.5, 0.6) is 11.5 Å². The van der Waals surface area contributed by atoms with E-state index in [-0.39, 0.29) is 40.0 Å². The van der Waals surface area contributed by atoms with Crippen molar-refractivity contribution in [2.24, 2.45) is 5.41 Å². The van der Waals surface area contributed by atoms with Crippen LogP contribution in [0.15, 0.2) is 66.9 Å². The lowest BCUT2D eigenvalue weighted by Crippen LogP contribution is -2.31. The number of anilines is 1. The topological polar surface area (TPSA) is 106 Å². The van der Waals surface area contributed by atoms with E-state index in [9.17, 15) is 36.5 Å². The summed E-state index contributed by atoms with van der Waals surface area (Å²) in [7, 11) is 1.51. The maximum absolute atomic E-state index is 13.9. The number of benzene rings is 1. The van der Waals surface area contributed by atoms with Crippen LogP contribution in [0.25, 0.3) is 17.1 Å². The number of H-pyrrole nitrogens is 1. The fourth-order valence-corrected chi connectivity index (χ4v) is 3.74. The van der Waals surface area contributed by atoms with E-state index in [4.69, 9.17) is 4.74 Å². The van der Waals surface area contributed by atoms with Gasteiger partial charge in [0.05, 0.1) is 11.0 Å². The third-order valence-corrected chi connectivity index (χ3v) is 5.80. The SMILES string of the molecule is CNc1ccc(Oc2ccnc(-c3nc(C4=CC(C)(C(F)(F)F)C=CC=C4)c(C(F)(F)F)[nH]3)c2)cc1[N+](=O)[O-]. The Morgan fingerprint density at radius 2 is 1.79 bits per heavy atom. The van der Waals surface area contributed by atoms with Crippen LogP contribution in [0.3, 0.4) is 0 Å². The van der Waals surface area contributed by atoms with Crippen molar-refractivity contribution in [3.8, 4) is 23.0 Å². The molecule has 39 heavy (non-hydrogen) atoms. The van der Waals surface area contributed by atoms with E-state index in [1.807, 2.05) is 0 Å². The molecule has 0 saturated heterocycles. The number of pyridine rings is 1. The van der Waals surface area contributed by atoms with Gasteiger partial charge < -0.3 is 15.0 Å². The van der Waals surface area contributed by atoms with Crippen molar-refractivity contribution in [2.45, 2.75) is 19.3 Å². The van der Waals surface area contributed by atoms with E-state index in [1.54, 1.807) is 0 Å². The number of nitrogens with one attached hydrogen (secondary N) is 2. The zero-order valence-corrected chi connectivity index (χ0v) is 20.2. The predicted octanol–water partition coefficient (Wildman–Crippen LogP) is 7.31. The molecule has 2 heterocycles. The molecule has 0 bridgehead atoms. The van der Waals surface area contributed by atoms with Crippen molar-refractivity contribution >= 4 is 16.9 Å². The number of hydrogen-bond donors (Lipinski definition) is 2. The number of rotatable bonds is 6. The average molecular weight is 551 g/mol. The maximum Gasteiger partial charge on any atom is 0.433 e. The van der Waals surface area contributed by atoms with Gasteiger partial charge in [-0.2, -0.15) is 26.3 Å². The number of hydrogen-bond acceptors (Lipinski definition) is 6. The Kier molecular flexibility index (Phi) is 6.98. The molecule has 204 valence electrons. The van der Waals surface area contributed by atoms with Crippen LogP contribution in [0.4, 0.5) is 37.7 Å². The first-order valence-corrected chi connectivity index (χ1v) is 11.2. The van der Waals surface area contributed by atoms with Gasteiger partial charge in [-0.15, -0.1) is 0 Å². The van der Waals surface area contributed by atoms with Gasteiger partial charge in [0.25, 0.3) is 5.69 Å². The number of nitrogens with zero attached hydrogens (tertiary/aromatic N) is 3. The van der Waals surface area contributed by atoms with Crippen molar-refractivity contribution in [3.63, 3.8) is 0 Å². The van der Waals surface area contributed by atoms with Crippen LogP contribution in [0.1, 0.15) is 18.3 Å². The number of aromatic nitrogens is 3. The summed E-state index contributed by atoms with van der Waals surface area (Å²) in [5, 5.41) is 14.0. The van der Waals surface area contributed by atoms with Crippen molar-refractivity contribution in [1.29, 1.82) is 0 Å². The molecular weight excluding hydrogens is 532 g/mol. The van der Waals surface area contributed by atoms with E-state index in [2.05, 4.69) is 20.3 Å². The van der Waals surface area contributed by atoms with Crippen LogP contribution in [-0.4, -0.2) is 33.1 Å². The second-order valence-electron chi connectivity index (χ2n) is 8.57. The standard InChI is InChI=1S/C25H19F6N5O3/c1-23(25(29,30)31)9-4-3-5-14(13-23)20-21(24(26,27)28)35-22(34-20)18-11-16(8-10-33-18)39-15-6-7-17(32-2)19(12-15)36(37)38/h3-13,32H,1-2H3,(H,34,35). The average Bonchev–Trinajstić information content (AvgIpc) is 3.22. The maximum atomic E-state index is 13.9. The minimum Gasteiger partial charge on any atom is -0.457 e. The molecule has 2 N–H and O–H groups in total. The highest BCUT2D eigenvalue weighted by atomic mass is 19.4. The van der Waals surface area contributed by atoms with Gasteiger partial charge in [-0.25, -0.2) is 4.98 Å². The normalized spacial score (nSPS) is 17.5. The first kappa shape index (κ1) is 27.4. The molecule has 0 saturated carbocycles. The third-order valence-electron chi connectivity index (χ3n) is 5.80. The summed E-state index contributed by atoms with van der Waals surface area (Å²) in [5.41, 5.74) is -5.15. The fourth-order valence-electron chi connectivity index (χ4n) is 3.74. The minimum absolute atomic E-state index is 0.0699. The number of allylic oxidation sites excluding steroid dienone is 6. The van der Waals surface area contributed by atoms with E-state index in [1.165, 1.54) is 43.6 Å². The van der Waals surface area contributed by atoms with Crippen molar-refractivity contribution in [3.05, 3.63) is 88.4 Å². The number of alkyl halides is 6. The van der Waals surface area contributed by atoms with Crippen LogP contribution in [0, 0.1) is 15.5 Å². The predicted molar refractivity (Wildman–Crippen MR) is 130 cm³/mol. The quantitative estimate of drug-likeness (QED) is 0.189. The van der Waals surface area contributed by atoms with Crippen LogP contribution in [0.2, 0.25) is 0 Å². The molecule has 14 heteroatoms. The van der Waals surface area contributed by atoms with Gasteiger partial charge >= 0.3 is 12.4 Å². The summed E-state index contributed by atoms with van der Waals surface area (Å²) in [5.74, 6) is -0.235. The highest BCUT2D eigenvalue weighted by Crippen LogP contribution is 2.45. The molecule has 0 aliphatic heterocycles. The van der Waals surface area contributed by atoms with E-state index >= 15 is 0 Å². The van der Waals surface area contributed by atoms with E-state index in [0.29, 0.717) is 6.08 Å². The molecule has 0 radical (unpaired) electrons. The molecular formula is C25H19F6N5O3. The molecule has 2 aromatic heterocycles. The molecule has 8 nitrogen and oxygen atoms in total. The minimum atomic E-state index is -4.98. The second-order valence-corrected chi connectivity index (χ2v) is 8.57. The van der Waals surface area contributed by atoms with E-state index < -0.39 is 34.1 Å². The van der Waals surface area contributed by atoms with E-state index in [0.717, 1.165) is 31.2 Å². The van der Waals surface area contributed by atoms with Gasteiger partial charge in [-0.3, -0.25) is 15.1 Å². The Hall–Kier alpha value is -4.62. The van der Waals surface area contributed by atoms with Gasteiger partial charge in [-0.05, 0) is 30.7 Å². The van der Waals surface area contributed by atoms with Crippen molar-refractivity contribution in [2.75, 3.05) is 12.4 Å². The molecule has 1 unspecified atom stereocenters. The Bertz CT molecular complexity index is 1510. The molecule has 3 aromatic rings. The smallest absolute Gasteiger partial charge is 0.433 e. The Morgan fingerprint density at radius 1 is 1.08 bits per heavy atom. The summed E-state index contributed by atoms with van der Waals surface area (Å²) in [6.07, 6.45) is -3.61. The lowest BCUT2D eigenvalue weighted by atomic mass is 9.87. The summed E-state index contributed by atoms with van der Waals surface area (Å²) < 4.78 is 88.5. The molecule has 1 atom stereocenters. The number of ether oxygens (including phenoxy) is 1. The molecule has 0 spiro atoms. The number of nitro groups is 1. The van der Waals surface area contributed by atoms with Gasteiger partial charge in [0, 0.05) is 19.3 Å². The Labute approximate surface area is 216 Å². The number of aromatic amines is 1. The van der Waals surface area contributed by atoms with Gasteiger partial charge in [0.1, 0.15) is 39.7 Å².